The van der Waals surface area contributed by atoms with Crippen molar-refractivity contribution in [3.63, 3.8) is 0 Å². The predicted molar refractivity (Wildman–Crippen MR) is 80.5 cm³/mol. The van der Waals surface area contributed by atoms with E-state index in [1.165, 1.54) is 0 Å². The topological polar surface area (TPSA) is 55.4 Å². The van der Waals surface area contributed by atoms with Gasteiger partial charge in [0.15, 0.2) is 0 Å². The molecule has 0 spiro atoms. The van der Waals surface area contributed by atoms with Gasteiger partial charge in [-0.15, -0.1) is 0 Å². The number of rotatable bonds is 9. The zero-order valence-electron chi connectivity index (χ0n) is 11.7. The summed E-state index contributed by atoms with van der Waals surface area (Å²) in [7, 11) is 3.35. The van der Waals surface area contributed by atoms with Crippen molar-refractivity contribution in [2.24, 2.45) is 0 Å². The summed E-state index contributed by atoms with van der Waals surface area (Å²) < 4.78 is 11.4. The average Bonchev–Trinajstić information content (AvgIpc) is 2.42. The predicted octanol–water partition coefficient (Wildman–Crippen LogP) is 2.03. The molecule has 0 bridgehead atoms. The van der Waals surface area contributed by atoms with Crippen LogP contribution in [0.3, 0.4) is 0 Å². The van der Waals surface area contributed by atoms with Gasteiger partial charge in [-0.2, -0.15) is 0 Å². The molecule has 0 saturated carbocycles. The zero-order chi connectivity index (χ0) is 14.1. The van der Waals surface area contributed by atoms with Crippen molar-refractivity contribution in [3.8, 4) is 0 Å². The number of hydrogen-bond acceptors (Lipinski definition) is 5. The van der Waals surface area contributed by atoms with E-state index in [4.69, 9.17) is 9.47 Å². The van der Waals surface area contributed by atoms with Gasteiger partial charge in [0.05, 0.1) is 12.7 Å². The molecule has 1 aromatic rings. The molecule has 0 radical (unpaired) electrons. The molecule has 0 aromatic carbocycles. The highest BCUT2D eigenvalue weighted by Gasteiger charge is 2.09. The molecule has 1 aromatic heterocycles. The Morgan fingerprint density at radius 2 is 2.21 bits per heavy atom. The van der Waals surface area contributed by atoms with E-state index in [0.717, 1.165) is 28.9 Å². The van der Waals surface area contributed by atoms with Gasteiger partial charge in [0, 0.05) is 43.5 Å². The Kier molecular flexibility index (Phi) is 7.97. The maximum absolute atomic E-state index is 5.32. The largest absolute Gasteiger partial charge is 0.382 e. The Hall–Kier alpha value is -0.690. The highest BCUT2D eigenvalue weighted by atomic mass is 79.9. The number of pyridine rings is 1. The third kappa shape index (κ3) is 5.86. The van der Waals surface area contributed by atoms with Crippen molar-refractivity contribution in [2.75, 3.05) is 39.2 Å². The van der Waals surface area contributed by atoms with Crippen LogP contribution in [-0.4, -0.2) is 45.0 Å². The Labute approximate surface area is 123 Å². The minimum absolute atomic E-state index is 0.0161. The number of methoxy groups -OCH3 is 2. The second-order valence-corrected chi connectivity index (χ2v) is 5.05. The molecule has 0 amide bonds. The van der Waals surface area contributed by atoms with E-state index in [9.17, 15) is 0 Å². The molecule has 0 saturated heterocycles. The van der Waals surface area contributed by atoms with Crippen molar-refractivity contribution in [1.82, 2.24) is 10.3 Å². The summed E-state index contributed by atoms with van der Waals surface area (Å²) >= 11 is 3.44. The van der Waals surface area contributed by atoms with E-state index >= 15 is 0 Å². The van der Waals surface area contributed by atoms with Crippen LogP contribution in [0.4, 0.5) is 5.82 Å². The van der Waals surface area contributed by atoms with Gasteiger partial charge in [-0.05, 0) is 28.5 Å². The molecule has 108 valence electrons. The van der Waals surface area contributed by atoms with Crippen LogP contribution in [0, 0.1) is 0 Å². The molecule has 1 heterocycles. The summed E-state index contributed by atoms with van der Waals surface area (Å²) in [5, 5.41) is 6.61. The second kappa shape index (κ2) is 9.25. The number of nitrogens with one attached hydrogen (secondary N) is 2. The van der Waals surface area contributed by atoms with E-state index in [1.54, 1.807) is 20.4 Å². The molecule has 1 rings (SSSR count). The normalized spacial score (nSPS) is 12.4. The quantitative estimate of drug-likeness (QED) is 0.725. The second-order valence-electron chi connectivity index (χ2n) is 4.14. The third-order valence-electron chi connectivity index (χ3n) is 2.68. The highest BCUT2D eigenvalue weighted by molar-refractivity contribution is 9.10. The molecule has 0 fully saturated rings. The molecular formula is C13H22BrN3O2. The van der Waals surface area contributed by atoms with E-state index in [0.29, 0.717) is 13.2 Å². The first kappa shape index (κ1) is 16.4. The van der Waals surface area contributed by atoms with Gasteiger partial charge < -0.3 is 20.1 Å². The number of halogens is 1. The SMILES string of the molecule is CCNCc1cc(Br)cnc1NCC(COC)OC. The lowest BCUT2D eigenvalue weighted by atomic mass is 10.2. The maximum atomic E-state index is 5.32. The molecular weight excluding hydrogens is 310 g/mol. The minimum Gasteiger partial charge on any atom is -0.382 e. The molecule has 0 aliphatic rings. The van der Waals surface area contributed by atoms with Crippen LogP contribution in [0.2, 0.25) is 0 Å². The lowest BCUT2D eigenvalue weighted by Gasteiger charge is -2.17. The number of ether oxygens (including phenoxy) is 2. The lowest BCUT2D eigenvalue weighted by molar-refractivity contribution is 0.0365. The molecule has 0 aliphatic carbocycles. The molecule has 5 nitrogen and oxygen atoms in total. The fourth-order valence-electron chi connectivity index (χ4n) is 1.64. The van der Waals surface area contributed by atoms with Crippen molar-refractivity contribution < 1.29 is 9.47 Å². The fraction of sp³-hybridized carbons (Fsp3) is 0.615. The zero-order valence-corrected chi connectivity index (χ0v) is 13.3. The van der Waals surface area contributed by atoms with Crippen LogP contribution in [0.5, 0.6) is 0 Å². The van der Waals surface area contributed by atoms with Crippen molar-refractivity contribution in [2.45, 2.75) is 19.6 Å². The Morgan fingerprint density at radius 3 is 2.84 bits per heavy atom. The van der Waals surface area contributed by atoms with Crippen LogP contribution < -0.4 is 10.6 Å². The maximum Gasteiger partial charge on any atom is 0.130 e. The summed E-state index contributed by atoms with van der Waals surface area (Å²) in [6.45, 7) is 5.02. The van der Waals surface area contributed by atoms with Crippen molar-refractivity contribution >= 4 is 21.7 Å². The van der Waals surface area contributed by atoms with E-state index in [2.05, 4.69) is 44.5 Å². The smallest absolute Gasteiger partial charge is 0.130 e. The Morgan fingerprint density at radius 1 is 1.42 bits per heavy atom. The Balaban J connectivity index is 2.65. The lowest BCUT2D eigenvalue weighted by Crippen LogP contribution is -2.27. The van der Waals surface area contributed by atoms with Gasteiger partial charge in [-0.1, -0.05) is 6.92 Å². The standard InChI is InChI=1S/C13H22BrN3O2/c1-4-15-6-10-5-11(14)7-16-13(10)17-8-12(19-3)9-18-2/h5,7,12,15H,4,6,8-9H2,1-3H3,(H,16,17). The van der Waals surface area contributed by atoms with Crippen molar-refractivity contribution in [3.05, 3.63) is 22.3 Å². The van der Waals surface area contributed by atoms with Crippen LogP contribution in [0.25, 0.3) is 0 Å². The molecule has 0 aliphatic heterocycles. The number of nitrogens with zero attached hydrogens (tertiary/aromatic N) is 1. The fourth-order valence-corrected chi connectivity index (χ4v) is 2.02. The van der Waals surface area contributed by atoms with E-state index < -0.39 is 0 Å². The van der Waals surface area contributed by atoms with E-state index in [1.807, 2.05) is 0 Å². The average molecular weight is 332 g/mol. The molecule has 1 atom stereocenters. The summed E-state index contributed by atoms with van der Waals surface area (Å²) in [4.78, 5) is 4.40. The summed E-state index contributed by atoms with van der Waals surface area (Å²) in [5.74, 6) is 0.877. The van der Waals surface area contributed by atoms with Crippen LogP contribution in [0.15, 0.2) is 16.7 Å². The van der Waals surface area contributed by atoms with Gasteiger partial charge in [-0.3, -0.25) is 0 Å². The third-order valence-corrected chi connectivity index (χ3v) is 3.12. The van der Waals surface area contributed by atoms with E-state index in [-0.39, 0.29) is 6.10 Å². The summed E-state index contributed by atoms with van der Waals surface area (Å²) in [6.07, 6.45) is 1.80. The van der Waals surface area contributed by atoms with Gasteiger partial charge >= 0.3 is 0 Å². The van der Waals surface area contributed by atoms with Gasteiger partial charge in [0.2, 0.25) is 0 Å². The molecule has 19 heavy (non-hydrogen) atoms. The number of anilines is 1. The van der Waals surface area contributed by atoms with Gasteiger partial charge in [0.1, 0.15) is 5.82 Å². The minimum atomic E-state index is 0.0161. The monoisotopic (exact) mass is 331 g/mol. The Bertz CT molecular complexity index is 377. The first-order valence-corrected chi connectivity index (χ1v) is 7.11. The summed E-state index contributed by atoms with van der Waals surface area (Å²) in [5.41, 5.74) is 1.13. The highest BCUT2D eigenvalue weighted by Crippen LogP contribution is 2.18. The first-order chi connectivity index (χ1) is 9.21. The number of hydrogen-bond donors (Lipinski definition) is 2. The van der Waals surface area contributed by atoms with Crippen LogP contribution in [-0.2, 0) is 16.0 Å². The van der Waals surface area contributed by atoms with Gasteiger partial charge in [0.25, 0.3) is 0 Å². The van der Waals surface area contributed by atoms with Gasteiger partial charge in [-0.25, -0.2) is 4.98 Å². The molecule has 2 N–H and O–H groups in total. The number of aromatic nitrogens is 1. The van der Waals surface area contributed by atoms with Crippen molar-refractivity contribution in [1.29, 1.82) is 0 Å². The molecule has 1 unspecified atom stereocenters. The van der Waals surface area contributed by atoms with Crippen LogP contribution in [0.1, 0.15) is 12.5 Å². The first-order valence-electron chi connectivity index (χ1n) is 6.32. The summed E-state index contributed by atoms with van der Waals surface area (Å²) in [6, 6.07) is 2.07. The molecule has 6 heteroatoms. The van der Waals surface area contributed by atoms with Crippen LogP contribution >= 0.6 is 15.9 Å².